The van der Waals surface area contributed by atoms with Gasteiger partial charge in [0.25, 0.3) is 0 Å². The summed E-state index contributed by atoms with van der Waals surface area (Å²) in [6.07, 6.45) is 4.16. The van der Waals surface area contributed by atoms with Crippen LogP contribution in [0.2, 0.25) is 0 Å². The van der Waals surface area contributed by atoms with Crippen molar-refractivity contribution in [3.8, 4) is 0 Å². The number of rotatable bonds is 2. The van der Waals surface area contributed by atoms with Crippen molar-refractivity contribution in [1.82, 2.24) is 8.61 Å². The third kappa shape index (κ3) is 1.37. The molecular weight excluding hydrogens is 164 g/mol. The van der Waals surface area contributed by atoms with Gasteiger partial charge >= 0.3 is 0 Å². The van der Waals surface area contributed by atoms with Crippen molar-refractivity contribution in [3.05, 3.63) is 12.4 Å². The Bertz CT molecular complexity index is 124. The van der Waals surface area contributed by atoms with Crippen LogP contribution < -0.4 is 0 Å². The highest BCUT2D eigenvalue weighted by atomic mass is 32.2. The van der Waals surface area contributed by atoms with Gasteiger partial charge in [-0.25, -0.2) is 0 Å². The van der Waals surface area contributed by atoms with E-state index >= 15 is 0 Å². The molecule has 0 aromatic rings. The zero-order valence-corrected chi connectivity index (χ0v) is 7.97. The fraction of sp³-hybridized carbons (Fsp3) is 0.667. The van der Waals surface area contributed by atoms with Crippen LogP contribution in [0.4, 0.5) is 0 Å². The molecule has 0 spiro atoms. The standard InChI is InChI=1S/C6H12N2S2/c1-6-7(9-2)4-5-8(6)10-3/h1,4-5H2,2-3H3. The van der Waals surface area contributed by atoms with E-state index in [0.29, 0.717) is 0 Å². The van der Waals surface area contributed by atoms with Gasteiger partial charge in [0.15, 0.2) is 0 Å². The van der Waals surface area contributed by atoms with Gasteiger partial charge in [0.2, 0.25) is 0 Å². The Morgan fingerprint density at radius 2 is 1.60 bits per heavy atom. The minimum Gasteiger partial charge on any atom is -0.300 e. The predicted molar refractivity (Wildman–Crippen MR) is 49.6 cm³/mol. The topological polar surface area (TPSA) is 6.48 Å². The summed E-state index contributed by atoms with van der Waals surface area (Å²) in [6, 6.07) is 0. The first kappa shape index (κ1) is 8.14. The molecule has 10 heavy (non-hydrogen) atoms. The Morgan fingerprint density at radius 1 is 1.20 bits per heavy atom. The van der Waals surface area contributed by atoms with Crippen LogP contribution in [0.3, 0.4) is 0 Å². The van der Waals surface area contributed by atoms with E-state index in [0.717, 1.165) is 18.9 Å². The zero-order chi connectivity index (χ0) is 7.56. The zero-order valence-electron chi connectivity index (χ0n) is 6.33. The second-order valence-corrected chi connectivity index (χ2v) is 3.60. The van der Waals surface area contributed by atoms with Crippen LogP contribution >= 0.6 is 23.9 Å². The van der Waals surface area contributed by atoms with E-state index < -0.39 is 0 Å². The Kier molecular flexibility index (Phi) is 2.80. The Labute approximate surface area is 70.9 Å². The lowest BCUT2D eigenvalue weighted by atomic mass is 10.7. The fourth-order valence-corrected chi connectivity index (χ4v) is 2.16. The molecule has 1 aliphatic heterocycles. The molecule has 0 radical (unpaired) electrons. The van der Waals surface area contributed by atoms with Gasteiger partial charge in [-0.1, -0.05) is 30.5 Å². The van der Waals surface area contributed by atoms with Crippen molar-refractivity contribution in [3.63, 3.8) is 0 Å². The van der Waals surface area contributed by atoms with Gasteiger partial charge in [-0.05, 0) is 0 Å². The molecule has 0 aliphatic carbocycles. The van der Waals surface area contributed by atoms with Crippen LogP contribution in [0.25, 0.3) is 0 Å². The van der Waals surface area contributed by atoms with Crippen LogP contribution in [0.5, 0.6) is 0 Å². The van der Waals surface area contributed by atoms with Gasteiger partial charge in [0.05, 0.1) is 0 Å². The fourth-order valence-electron chi connectivity index (χ4n) is 0.957. The highest BCUT2D eigenvalue weighted by Crippen LogP contribution is 2.27. The quantitative estimate of drug-likeness (QED) is 0.590. The number of hydrogen-bond donors (Lipinski definition) is 0. The van der Waals surface area contributed by atoms with Gasteiger partial charge in [-0.2, -0.15) is 0 Å². The maximum Gasteiger partial charge on any atom is 0.117 e. The molecule has 0 aromatic heterocycles. The van der Waals surface area contributed by atoms with Crippen LogP contribution in [-0.4, -0.2) is 34.2 Å². The van der Waals surface area contributed by atoms with Gasteiger partial charge in [0.1, 0.15) is 5.82 Å². The number of hydrogen-bond acceptors (Lipinski definition) is 4. The summed E-state index contributed by atoms with van der Waals surface area (Å²) in [4.78, 5) is 0. The van der Waals surface area contributed by atoms with Crippen LogP contribution in [0.1, 0.15) is 0 Å². The highest BCUT2D eigenvalue weighted by molar-refractivity contribution is 7.97. The second kappa shape index (κ2) is 3.44. The molecule has 4 heteroatoms. The lowest BCUT2D eigenvalue weighted by Gasteiger charge is -2.18. The highest BCUT2D eigenvalue weighted by Gasteiger charge is 2.20. The van der Waals surface area contributed by atoms with Crippen LogP contribution in [-0.2, 0) is 0 Å². The summed E-state index contributed by atoms with van der Waals surface area (Å²) in [6.45, 7) is 6.16. The summed E-state index contributed by atoms with van der Waals surface area (Å²) in [5.74, 6) is 1.13. The summed E-state index contributed by atoms with van der Waals surface area (Å²) in [7, 11) is 0. The largest absolute Gasteiger partial charge is 0.300 e. The molecule has 0 atom stereocenters. The lowest BCUT2D eigenvalue weighted by Crippen LogP contribution is -2.10. The number of nitrogens with zero attached hydrogens (tertiary/aromatic N) is 2. The molecule has 58 valence electrons. The van der Waals surface area contributed by atoms with E-state index in [4.69, 9.17) is 0 Å². The van der Waals surface area contributed by atoms with E-state index in [1.165, 1.54) is 0 Å². The molecule has 0 saturated carbocycles. The third-order valence-corrected chi connectivity index (χ3v) is 3.19. The predicted octanol–water partition coefficient (Wildman–Crippen LogP) is 1.63. The lowest BCUT2D eigenvalue weighted by molar-refractivity contribution is 0.628. The van der Waals surface area contributed by atoms with Crippen LogP contribution in [0, 0.1) is 0 Å². The van der Waals surface area contributed by atoms with Gasteiger partial charge in [-0.15, -0.1) is 0 Å². The molecule has 0 N–H and O–H groups in total. The maximum absolute atomic E-state index is 3.97. The van der Waals surface area contributed by atoms with Crippen molar-refractivity contribution in [2.45, 2.75) is 0 Å². The summed E-state index contributed by atoms with van der Waals surface area (Å²) in [5, 5.41) is 0. The molecule has 1 heterocycles. The molecule has 1 aliphatic rings. The van der Waals surface area contributed by atoms with Crippen molar-refractivity contribution in [1.29, 1.82) is 0 Å². The summed E-state index contributed by atoms with van der Waals surface area (Å²) in [5.41, 5.74) is 0. The van der Waals surface area contributed by atoms with Crippen molar-refractivity contribution in [2.75, 3.05) is 25.6 Å². The molecule has 1 fully saturated rings. The van der Waals surface area contributed by atoms with Gasteiger partial charge in [-0.3, -0.25) is 0 Å². The van der Waals surface area contributed by atoms with Crippen molar-refractivity contribution < 1.29 is 0 Å². The average Bonchev–Trinajstić information content (AvgIpc) is 2.30. The van der Waals surface area contributed by atoms with E-state index in [1.807, 2.05) is 0 Å². The van der Waals surface area contributed by atoms with E-state index in [9.17, 15) is 0 Å². The summed E-state index contributed by atoms with van der Waals surface area (Å²) < 4.78 is 4.41. The minimum atomic E-state index is 1.10. The first-order valence-electron chi connectivity index (χ1n) is 3.11. The smallest absolute Gasteiger partial charge is 0.117 e. The monoisotopic (exact) mass is 176 g/mol. The molecule has 0 bridgehead atoms. The van der Waals surface area contributed by atoms with Gasteiger partial charge in [0, 0.05) is 25.6 Å². The first-order valence-corrected chi connectivity index (χ1v) is 5.48. The second-order valence-electron chi connectivity index (χ2n) is 1.99. The SMILES string of the molecule is C=C1N(SC)CCN1SC. The van der Waals surface area contributed by atoms with Gasteiger partial charge < -0.3 is 8.61 Å². The third-order valence-electron chi connectivity index (χ3n) is 1.52. The molecular formula is C6H12N2S2. The minimum absolute atomic E-state index is 1.10. The summed E-state index contributed by atoms with van der Waals surface area (Å²) >= 11 is 3.48. The van der Waals surface area contributed by atoms with Crippen LogP contribution in [0.15, 0.2) is 12.4 Å². The molecule has 1 rings (SSSR count). The Morgan fingerprint density at radius 3 is 1.80 bits per heavy atom. The molecule has 0 amide bonds. The van der Waals surface area contributed by atoms with Crippen molar-refractivity contribution >= 4 is 23.9 Å². The van der Waals surface area contributed by atoms with Crippen molar-refractivity contribution in [2.24, 2.45) is 0 Å². The molecule has 1 saturated heterocycles. The molecule has 2 nitrogen and oxygen atoms in total. The molecule has 0 aromatic carbocycles. The maximum atomic E-state index is 3.97. The van der Waals surface area contributed by atoms with E-state index in [2.05, 4.69) is 27.7 Å². The first-order chi connectivity index (χ1) is 4.79. The Balaban J connectivity index is 2.49. The molecule has 0 unspecified atom stereocenters. The van der Waals surface area contributed by atoms with E-state index in [-0.39, 0.29) is 0 Å². The van der Waals surface area contributed by atoms with E-state index in [1.54, 1.807) is 23.9 Å². The normalized spacial score (nSPS) is 18.8. The average molecular weight is 176 g/mol. The Hall–Kier alpha value is 0.0400.